The summed E-state index contributed by atoms with van der Waals surface area (Å²) in [4.78, 5) is 24.2. The number of amides is 1. The first-order valence-electron chi connectivity index (χ1n) is 13.5. The van der Waals surface area contributed by atoms with Crippen LogP contribution in [-0.2, 0) is 11.2 Å². The van der Waals surface area contributed by atoms with Crippen molar-refractivity contribution in [2.24, 2.45) is 0 Å². The van der Waals surface area contributed by atoms with Crippen LogP contribution in [0.2, 0.25) is 0 Å². The Kier molecular flexibility index (Phi) is 12.5. The van der Waals surface area contributed by atoms with Crippen LogP contribution in [0.4, 0.5) is 0 Å². The SMILES string of the molecule is COc1ccccc1-c1ccc(C(=O)NCCOc2ccc(CC(Oc3ccc(C(C)C)cc3)C(=O)[O-])cc2)cc1.[Na+]. The van der Waals surface area contributed by atoms with Gasteiger partial charge in [-0.3, -0.25) is 4.79 Å². The normalized spacial score (nSPS) is 11.2. The zero-order valence-corrected chi connectivity index (χ0v) is 26.5. The van der Waals surface area contributed by atoms with Crippen LogP contribution >= 0.6 is 0 Å². The van der Waals surface area contributed by atoms with Gasteiger partial charge in [-0.2, -0.15) is 0 Å². The number of benzene rings is 4. The first kappa shape index (κ1) is 32.7. The first-order valence-corrected chi connectivity index (χ1v) is 13.5. The second-order valence-corrected chi connectivity index (χ2v) is 9.88. The smallest absolute Gasteiger partial charge is 0.546 e. The topological polar surface area (TPSA) is 96.9 Å². The number of aliphatic carboxylic acids is 1. The molecule has 0 bridgehead atoms. The van der Waals surface area contributed by atoms with Crippen molar-refractivity contribution >= 4 is 11.9 Å². The molecule has 0 aromatic heterocycles. The van der Waals surface area contributed by atoms with Crippen molar-refractivity contribution < 1.29 is 58.5 Å². The van der Waals surface area contributed by atoms with Gasteiger partial charge in [-0.15, -0.1) is 0 Å². The second kappa shape index (κ2) is 16.0. The van der Waals surface area contributed by atoms with Gasteiger partial charge in [0.25, 0.3) is 5.91 Å². The van der Waals surface area contributed by atoms with Gasteiger partial charge in [0.1, 0.15) is 30.0 Å². The van der Waals surface area contributed by atoms with Crippen LogP contribution in [0, 0.1) is 0 Å². The van der Waals surface area contributed by atoms with E-state index in [0.29, 0.717) is 29.5 Å². The van der Waals surface area contributed by atoms with Gasteiger partial charge in [-0.05, 0) is 65.1 Å². The summed E-state index contributed by atoms with van der Waals surface area (Å²) < 4.78 is 16.8. The number of hydrogen-bond acceptors (Lipinski definition) is 6. The minimum atomic E-state index is -1.27. The number of para-hydroxylation sites is 1. The van der Waals surface area contributed by atoms with Crippen molar-refractivity contribution in [2.75, 3.05) is 20.3 Å². The molecule has 8 heteroatoms. The van der Waals surface area contributed by atoms with E-state index in [-0.39, 0.29) is 48.5 Å². The van der Waals surface area contributed by atoms with E-state index in [1.807, 2.05) is 48.5 Å². The molecule has 1 atom stereocenters. The summed E-state index contributed by atoms with van der Waals surface area (Å²) in [7, 11) is 1.63. The molecule has 0 aliphatic rings. The Bertz CT molecular complexity index is 1440. The van der Waals surface area contributed by atoms with E-state index in [1.54, 1.807) is 55.6 Å². The van der Waals surface area contributed by atoms with Crippen molar-refractivity contribution in [2.45, 2.75) is 32.3 Å². The Morgan fingerprint density at radius 1 is 0.833 bits per heavy atom. The van der Waals surface area contributed by atoms with Crippen molar-refractivity contribution in [3.63, 3.8) is 0 Å². The molecule has 4 rings (SSSR count). The van der Waals surface area contributed by atoms with Gasteiger partial charge >= 0.3 is 29.6 Å². The van der Waals surface area contributed by atoms with E-state index in [2.05, 4.69) is 19.2 Å². The van der Waals surface area contributed by atoms with Gasteiger partial charge in [0.15, 0.2) is 0 Å². The van der Waals surface area contributed by atoms with E-state index in [0.717, 1.165) is 28.0 Å². The van der Waals surface area contributed by atoms with Crippen LogP contribution in [-0.4, -0.2) is 38.2 Å². The Morgan fingerprint density at radius 3 is 2.10 bits per heavy atom. The molecule has 0 fully saturated rings. The molecule has 0 saturated carbocycles. The molecule has 1 amide bonds. The molecule has 1 unspecified atom stereocenters. The summed E-state index contributed by atoms with van der Waals surface area (Å²) in [5, 5.41) is 14.5. The quantitative estimate of drug-likeness (QED) is 0.194. The maximum Gasteiger partial charge on any atom is 1.00 e. The van der Waals surface area contributed by atoms with E-state index >= 15 is 0 Å². The zero-order chi connectivity index (χ0) is 29.2. The first-order chi connectivity index (χ1) is 19.8. The van der Waals surface area contributed by atoms with Gasteiger partial charge in [-0.25, -0.2) is 0 Å². The summed E-state index contributed by atoms with van der Waals surface area (Å²) >= 11 is 0. The fraction of sp³-hybridized carbons (Fsp3) is 0.235. The van der Waals surface area contributed by atoms with Gasteiger partial charge in [0.2, 0.25) is 0 Å². The number of carbonyl (C=O) groups is 2. The number of rotatable bonds is 13. The minimum Gasteiger partial charge on any atom is -0.546 e. The minimum absolute atomic E-state index is 0. The van der Waals surface area contributed by atoms with Gasteiger partial charge in [0.05, 0.1) is 19.6 Å². The molecular weight excluding hydrogens is 541 g/mol. The Hall–Kier alpha value is -3.78. The molecule has 42 heavy (non-hydrogen) atoms. The van der Waals surface area contributed by atoms with Crippen LogP contribution in [0.3, 0.4) is 0 Å². The summed E-state index contributed by atoms with van der Waals surface area (Å²) in [5.74, 6) is 0.777. The molecule has 1 N–H and O–H groups in total. The maximum atomic E-state index is 12.6. The summed E-state index contributed by atoms with van der Waals surface area (Å²) in [6.45, 7) is 4.79. The average Bonchev–Trinajstić information content (AvgIpc) is 3.00. The maximum absolute atomic E-state index is 12.6. The number of carboxylic acids is 1. The van der Waals surface area contributed by atoms with Crippen LogP contribution < -0.4 is 54.2 Å². The molecule has 0 saturated heterocycles. The van der Waals surface area contributed by atoms with Crippen LogP contribution in [0.15, 0.2) is 97.1 Å². The van der Waals surface area contributed by atoms with E-state index < -0.39 is 12.1 Å². The number of nitrogens with one attached hydrogen (secondary N) is 1. The number of hydrogen-bond donors (Lipinski definition) is 1. The zero-order valence-electron chi connectivity index (χ0n) is 24.5. The second-order valence-electron chi connectivity index (χ2n) is 9.88. The molecule has 7 nitrogen and oxygen atoms in total. The van der Waals surface area contributed by atoms with E-state index in [4.69, 9.17) is 14.2 Å². The number of methoxy groups -OCH3 is 1. The number of carboxylic acid groups (broad SMARTS) is 1. The molecule has 0 aliphatic carbocycles. The molecular formula is C34H34NNaO6. The van der Waals surface area contributed by atoms with Crippen LogP contribution in [0.5, 0.6) is 17.2 Å². The van der Waals surface area contributed by atoms with Gasteiger partial charge in [-0.1, -0.05) is 68.4 Å². The molecule has 0 aliphatic heterocycles. The van der Waals surface area contributed by atoms with Crippen LogP contribution in [0.1, 0.15) is 41.3 Å². The largest absolute Gasteiger partial charge is 1.00 e. The average molecular weight is 576 g/mol. The van der Waals surface area contributed by atoms with E-state index in [1.165, 1.54) is 0 Å². The predicted octanol–water partition coefficient (Wildman–Crippen LogP) is 2.04. The van der Waals surface area contributed by atoms with Crippen molar-refractivity contribution in [1.29, 1.82) is 0 Å². The van der Waals surface area contributed by atoms with Gasteiger partial charge < -0.3 is 29.4 Å². The molecule has 4 aromatic rings. The van der Waals surface area contributed by atoms with Crippen LogP contribution in [0.25, 0.3) is 11.1 Å². The summed E-state index contributed by atoms with van der Waals surface area (Å²) in [6, 6.07) is 29.6. The summed E-state index contributed by atoms with van der Waals surface area (Å²) in [5.41, 5.74) is 4.39. The number of carbonyl (C=O) groups excluding carboxylic acids is 2. The van der Waals surface area contributed by atoms with E-state index in [9.17, 15) is 14.7 Å². The Morgan fingerprint density at radius 2 is 1.48 bits per heavy atom. The monoisotopic (exact) mass is 575 g/mol. The third-order valence-corrected chi connectivity index (χ3v) is 6.65. The molecule has 212 valence electrons. The molecule has 4 aromatic carbocycles. The van der Waals surface area contributed by atoms with Crippen molar-refractivity contribution in [3.8, 4) is 28.4 Å². The van der Waals surface area contributed by atoms with Crippen molar-refractivity contribution in [3.05, 3.63) is 114 Å². The third-order valence-electron chi connectivity index (χ3n) is 6.65. The van der Waals surface area contributed by atoms with Crippen molar-refractivity contribution in [1.82, 2.24) is 5.32 Å². The predicted molar refractivity (Wildman–Crippen MR) is 156 cm³/mol. The third kappa shape index (κ3) is 9.11. The molecule has 0 radical (unpaired) electrons. The van der Waals surface area contributed by atoms with Gasteiger partial charge in [0, 0.05) is 17.5 Å². The molecule has 0 heterocycles. The number of ether oxygens (including phenoxy) is 3. The molecule has 0 spiro atoms. The Balaban J connectivity index is 0.00000484. The fourth-order valence-corrected chi connectivity index (χ4v) is 4.32. The summed E-state index contributed by atoms with van der Waals surface area (Å²) in [6.07, 6.45) is -0.967. The fourth-order valence-electron chi connectivity index (χ4n) is 4.32. The Labute approximate surface area is 269 Å². The standard InChI is InChI=1S/C34H35NO6.Na/c1-23(2)25-14-18-29(19-15-25)41-32(34(37)38)22-24-8-16-28(17-9-24)40-21-20-35-33(36)27-12-10-26(11-13-27)30-6-4-5-7-31(30)39-3;/h4-19,23,32H,20-22H2,1-3H3,(H,35,36)(H,37,38);/q;+1/p-1.